The Morgan fingerprint density at radius 3 is 2.73 bits per heavy atom. The highest BCUT2D eigenvalue weighted by Gasteiger charge is 2.58. The molecule has 1 fully saturated rings. The highest BCUT2D eigenvalue weighted by atomic mass is 16.2. The lowest BCUT2D eigenvalue weighted by Gasteiger charge is -2.34. The molecule has 1 amide bonds. The first kappa shape index (κ1) is 8.72. The van der Waals surface area contributed by atoms with Crippen LogP contribution in [0, 0.1) is 5.41 Å². The van der Waals surface area contributed by atoms with Gasteiger partial charge in [-0.2, -0.15) is 0 Å². The summed E-state index contributed by atoms with van der Waals surface area (Å²) in [5.74, 6) is 0.0572. The van der Waals surface area contributed by atoms with E-state index in [0.29, 0.717) is 0 Å². The Morgan fingerprint density at radius 2 is 1.93 bits per heavy atom. The molecule has 0 aromatic carbocycles. The number of hydrogen-bond acceptors (Lipinski definition) is 1. The third kappa shape index (κ3) is 0.788. The van der Waals surface area contributed by atoms with Crippen LogP contribution in [-0.4, -0.2) is 11.4 Å². The molecule has 0 aromatic rings. The van der Waals surface area contributed by atoms with Crippen molar-refractivity contribution in [3.8, 4) is 0 Å². The van der Waals surface area contributed by atoms with Crippen molar-refractivity contribution in [2.75, 3.05) is 0 Å². The minimum absolute atomic E-state index is 0.0572. The van der Waals surface area contributed by atoms with Gasteiger partial charge in [0.15, 0.2) is 0 Å². The lowest BCUT2D eigenvalue weighted by molar-refractivity contribution is -0.116. The zero-order chi connectivity index (χ0) is 10.7. The van der Waals surface area contributed by atoms with E-state index in [1.165, 1.54) is 5.57 Å². The number of allylic oxidation sites excluding steroid dienone is 5. The van der Waals surface area contributed by atoms with Gasteiger partial charge < -0.3 is 5.32 Å². The molecule has 2 heteroatoms. The van der Waals surface area contributed by atoms with Crippen molar-refractivity contribution >= 4 is 5.91 Å². The van der Waals surface area contributed by atoms with E-state index in [-0.39, 0.29) is 16.9 Å². The van der Waals surface area contributed by atoms with Crippen LogP contribution in [0.4, 0.5) is 0 Å². The van der Waals surface area contributed by atoms with Crippen molar-refractivity contribution < 1.29 is 4.79 Å². The highest BCUT2D eigenvalue weighted by molar-refractivity contribution is 6.01. The van der Waals surface area contributed by atoms with Crippen LogP contribution in [0.2, 0.25) is 0 Å². The van der Waals surface area contributed by atoms with Crippen LogP contribution in [0.25, 0.3) is 0 Å². The van der Waals surface area contributed by atoms with Crippen molar-refractivity contribution in [3.05, 3.63) is 47.6 Å². The van der Waals surface area contributed by atoms with Gasteiger partial charge in [-0.15, -0.1) is 0 Å². The first-order valence-corrected chi connectivity index (χ1v) is 5.19. The molecule has 0 spiro atoms. The van der Waals surface area contributed by atoms with E-state index >= 15 is 0 Å². The van der Waals surface area contributed by atoms with Gasteiger partial charge in [0.2, 0.25) is 5.91 Å². The predicted octanol–water partition coefficient (Wildman–Crippen LogP) is 1.87. The molecular formula is C13H13NO. The van der Waals surface area contributed by atoms with Crippen LogP contribution in [0.1, 0.15) is 13.8 Å². The van der Waals surface area contributed by atoms with E-state index in [1.807, 2.05) is 18.2 Å². The molecule has 1 saturated heterocycles. The molecule has 76 valence electrons. The first-order valence-electron chi connectivity index (χ1n) is 5.19. The Balaban J connectivity index is 2.34. The average molecular weight is 199 g/mol. The van der Waals surface area contributed by atoms with Gasteiger partial charge in [-0.3, -0.25) is 4.79 Å². The maximum Gasteiger partial charge on any atom is 0.248 e. The summed E-state index contributed by atoms with van der Waals surface area (Å²) in [6, 6.07) is 0. The lowest BCUT2D eigenvalue weighted by Crippen LogP contribution is -2.44. The predicted molar refractivity (Wildman–Crippen MR) is 59.1 cm³/mol. The van der Waals surface area contributed by atoms with Crippen LogP contribution >= 0.6 is 0 Å². The number of amides is 1. The molecule has 2 nitrogen and oxygen atoms in total. The summed E-state index contributed by atoms with van der Waals surface area (Å²) >= 11 is 0. The topological polar surface area (TPSA) is 29.1 Å². The minimum Gasteiger partial charge on any atom is -0.342 e. The Hall–Kier alpha value is -1.57. The number of rotatable bonds is 0. The Kier molecular flexibility index (Phi) is 1.35. The molecule has 1 heterocycles. The number of nitrogens with one attached hydrogen (secondary N) is 1. The SMILES string of the molecule is CC12C=CC3=CC=CC=C(C(=O)N1)C32C. The molecule has 1 aliphatic heterocycles. The van der Waals surface area contributed by atoms with Gasteiger partial charge in [0.05, 0.1) is 5.54 Å². The fourth-order valence-electron chi connectivity index (χ4n) is 2.80. The van der Waals surface area contributed by atoms with E-state index in [0.717, 1.165) is 5.57 Å². The molecule has 0 bridgehead atoms. The van der Waals surface area contributed by atoms with Gasteiger partial charge in [0.1, 0.15) is 0 Å². The van der Waals surface area contributed by atoms with Gasteiger partial charge in [0, 0.05) is 11.0 Å². The number of carbonyl (C=O) groups excluding carboxylic acids is 1. The van der Waals surface area contributed by atoms with Gasteiger partial charge in [-0.1, -0.05) is 36.5 Å². The van der Waals surface area contributed by atoms with Crippen LogP contribution in [-0.2, 0) is 4.79 Å². The number of hydrogen-bond donors (Lipinski definition) is 1. The molecule has 1 N–H and O–H groups in total. The third-order valence-corrected chi connectivity index (χ3v) is 4.02. The van der Waals surface area contributed by atoms with Crippen molar-refractivity contribution in [1.82, 2.24) is 5.32 Å². The molecule has 2 unspecified atom stereocenters. The third-order valence-electron chi connectivity index (χ3n) is 4.02. The van der Waals surface area contributed by atoms with Crippen molar-refractivity contribution in [1.29, 1.82) is 0 Å². The molecule has 0 aromatic heterocycles. The quantitative estimate of drug-likeness (QED) is 0.634. The van der Waals surface area contributed by atoms with Crippen molar-refractivity contribution in [2.45, 2.75) is 19.4 Å². The highest BCUT2D eigenvalue weighted by Crippen LogP contribution is 2.54. The summed E-state index contributed by atoms with van der Waals surface area (Å²) in [4.78, 5) is 11.9. The molecule has 2 atom stereocenters. The maximum atomic E-state index is 11.9. The fraction of sp³-hybridized carbons (Fsp3) is 0.308. The summed E-state index contributed by atoms with van der Waals surface area (Å²) in [5, 5.41) is 3.06. The van der Waals surface area contributed by atoms with Gasteiger partial charge >= 0.3 is 0 Å². The summed E-state index contributed by atoms with van der Waals surface area (Å²) < 4.78 is 0. The average Bonchev–Trinajstić information content (AvgIpc) is 2.45. The molecule has 3 aliphatic rings. The summed E-state index contributed by atoms with van der Waals surface area (Å²) in [6.07, 6.45) is 12.2. The van der Waals surface area contributed by atoms with Crippen LogP contribution in [0.15, 0.2) is 47.6 Å². The lowest BCUT2D eigenvalue weighted by atomic mass is 9.70. The monoisotopic (exact) mass is 199 g/mol. The molecular weight excluding hydrogens is 186 g/mol. The Labute approximate surface area is 89.1 Å². The van der Waals surface area contributed by atoms with Gasteiger partial charge in [-0.25, -0.2) is 0 Å². The van der Waals surface area contributed by atoms with E-state index in [2.05, 4.69) is 37.4 Å². The van der Waals surface area contributed by atoms with Crippen molar-refractivity contribution in [2.24, 2.45) is 5.41 Å². The molecule has 2 aliphatic carbocycles. The van der Waals surface area contributed by atoms with E-state index in [9.17, 15) is 4.79 Å². The van der Waals surface area contributed by atoms with E-state index < -0.39 is 0 Å². The first-order chi connectivity index (χ1) is 7.08. The molecule has 3 rings (SSSR count). The number of carbonyl (C=O) groups is 1. The zero-order valence-corrected chi connectivity index (χ0v) is 8.87. The van der Waals surface area contributed by atoms with Crippen LogP contribution in [0.3, 0.4) is 0 Å². The Bertz CT molecular complexity index is 481. The zero-order valence-electron chi connectivity index (χ0n) is 8.87. The standard InChI is InChI=1S/C13H13NO/c1-12-8-7-9-5-3-4-6-10(11(15)14-12)13(9,12)2/h3-8H,1-2H3,(H,14,15). The summed E-state index contributed by atoms with van der Waals surface area (Å²) in [7, 11) is 0. The van der Waals surface area contributed by atoms with E-state index in [1.54, 1.807) is 0 Å². The second-order valence-electron chi connectivity index (χ2n) is 4.70. The molecule has 0 radical (unpaired) electrons. The van der Waals surface area contributed by atoms with Crippen molar-refractivity contribution in [3.63, 3.8) is 0 Å². The second kappa shape index (κ2) is 2.32. The van der Waals surface area contributed by atoms with E-state index in [4.69, 9.17) is 0 Å². The maximum absolute atomic E-state index is 11.9. The molecule has 0 saturated carbocycles. The summed E-state index contributed by atoms with van der Waals surface area (Å²) in [6.45, 7) is 4.21. The van der Waals surface area contributed by atoms with Gasteiger partial charge in [-0.05, 0) is 19.4 Å². The molecule has 15 heavy (non-hydrogen) atoms. The Morgan fingerprint density at radius 1 is 1.20 bits per heavy atom. The minimum atomic E-state index is -0.256. The van der Waals surface area contributed by atoms with Crippen LogP contribution in [0.5, 0.6) is 0 Å². The summed E-state index contributed by atoms with van der Waals surface area (Å²) in [5.41, 5.74) is 1.62. The fourth-order valence-corrected chi connectivity index (χ4v) is 2.80. The normalized spacial score (nSPS) is 40.8. The largest absolute Gasteiger partial charge is 0.342 e. The van der Waals surface area contributed by atoms with Crippen LogP contribution < -0.4 is 5.32 Å². The van der Waals surface area contributed by atoms with Gasteiger partial charge in [0.25, 0.3) is 0 Å². The smallest absolute Gasteiger partial charge is 0.248 e. The second-order valence-corrected chi connectivity index (χ2v) is 4.70.